The predicted molar refractivity (Wildman–Crippen MR) is 222 cm³/mol. The van der Waals surface area contributed by atoms with Crippen molar-refractivity contribution < 1.29 is 19.1 Å². The summed E-state index contributed by atoms with van der Waals surface area (Å²) in [6.07, 6.45) is 6.00. The van der Waals surface area contributed by atoms with E-state index in [1.165, 1.54) is 0 Å². The minimum Gasteiger partial charge on any atom is -0.494 e. The SMILES string of the molecule is COCCCn1c(C=O)cc2cc(C)cc(/C=C(\CCCOc3cc(C)c(Cl)c(C)c3)c3ccc(Cl)c(-c4c(C)nn(C)c4C)c3N[C@H](C)CNC=O)c21. The number of methoxy groups -OCH3 is 1. The quantitative estimate of drug-likeness (QED) is 0.0523. The molecule has 0 radical (unpaired) electrons. The molecule has 2 N–H and O–H groups in total. The molecule has 0 fully saturated rings. The number of ether oxygens (including phenoxy) is 2. The Bertz CT molecular complexity index is 2160. The molecule has 54 heavy (non-hydrogen) atoms. The van der Waals surface area contributed by atoms with E-state index in [1.54, 1.807) is 7.11 Å². The largest absolute Gasteiger partial charge is 0.494 e. The van der Waals surface area contributed by atoms with Gasteiger partial charge in [0.05, 0.1) is 34.2 Å². The number of nitrogens with zero attached hydrogens (tertiary/aromatic N) is 3. The maximum Gasteiger partial charge on any atom is 0.207 e. The standard InChI is InChI=1S/C43H51Cl2N5O4/c1-26-17-33(43-34(18-26)22-35(24-51)50(43)14-10-15-53-8)21-32(11-9-16-54-36-19-27(2)41(45)28(3)20-36)37-12-13-38(44)40(39-30(5)48-49(7)31(39)6)42(37)47-29(4)23-46-25-52/h12-13,17-22,24-25,29,47H,9-11,14-16,23H2,1-8H3,(H,46,52)/b32-21+/t29-/m1/s1. The van der Waals surface area contributed by atoms with Gasteiger partial charge in [-0.15, -0.1) is 0 Å². The zero-order valence-corrected chi connectivity index (χ0v) is 34.0. The average Bonchev–Trinajstić information content (AvgIpc) is 3.61. The lowest BCUT2D eigenvalue weighted by molar-refractivity contribution is -0.109. The van der Waals surface area contributed by atoms with Crippen molar-refractivity contribution in [2.75, 3.05) is 32.2 Å². The Balaban J connectivity index is 1.71. The molecule has 11 heteroatoms. The van der Waals surface area contributed by atoms with Crippen LogP contribution in [0, 0.1) is 34.6 Å². The molecule has 5 rings (SSSR count). The molecule has 0 saturated heterocycles. The minimum atomic E-state index is -0.136. The number of fused-ring (bicyclic) bond motifs is 1. The number of hydrogen-bond acceptors (Lipinski definition) is 6. The lowest BCUT2D eigenvalue weighted by Gasteiger charge is -2.24. The van der Waals surface area contributed by atoms with Gasteiger partial charge in [0, 0.05) is 72.7 Å². The van der Waals surface area contributed by atoms with Crippen LogP contribution < -0.4 is 15.4 Å². The number of benzene rings is 3. The first kappa shape index (κ1) is 40.6. The van der Waals surface area contributed by atoms with Gasteiger partial charge in [-0.2, -0.15) is 5.10 Å². The van der Waals surface area contributed by atoms with Crippen molar-refractivity contribution in [3.63, 3.8) is 0 Å². The number of carbonyl (C=O) groups excluding carboxylic acids is 2. The molecule has 0 saturated carbocycles. The Hall–Kier alpha value is -4.57. The van der Waals surface area contributed by atoms with Gasteiger partial charge < -0.3 is 24.7 Å². The molecule has 9 nitrogen and oxygen atoms in total. The van der Waals surface area contributed by atoms with Crippen LogP contribution in [0.3, 0.4) is 0 Å². The second kappa shape index (κ2) is 18.2. The topological polar surface area (TPSA) is 99.4 Å². The van der Waals surface area contributed by atoms with Crippen LogP contribution in [0.4, 0.5) is 5.69 Å². The molecule has 1 atom stereocenters. The summed E-state index contributed by atoms with van der Waals surface area (Å²) in [5, 5.41) is 13.6. The predicted octanol–water partition coefficient (Wildman–Crippen LogP) is 9.69. The molecule has 5 aromatic rings. The van der Waals surface area contributed by atoms with E-state index in [4.69, 9.17) is 37.8 Å². The lowest BCUT2D eigenvalue weighted by Crippen LogP contribution is -2.30. The van der Waals surface area contributed by atoms with Gasteiger partial charge in [0.1, 0.15) is 5.75 Å². The first-order chi connectivity index (χ1) is 25.9. The van der Waals surface area contributed by atoms with Crippen LogP contribution in [-0.2, 0) is 23.1 Å². The van der Waals surface area contributed by atoms with Gasteiger partial charge in [-0.3, -0.25) is 14.3 Å². The molecule has 2 aromatic heterocycles. The number of halogens is 2. The van der Waals surface area contributed by atoms with Crippen LogP contribution in [0.15, 0.2) is 42.5 Å². The van der Waals surface area contributed by atoms with E-state index in [0.717, 1.165) is 96.0 Å². The molecule has 0 spiro atoms. The normalized spacial score (nSPS) is 12.3. The molecule has 2 heterocycles. The summed E-state index contributed by atoms with van der Waals surface area (Å²) in [7, 11) is 3.62. The van der Waals surface area contributed by atoms with E-state index >= 15 is 0 Å². The first-order valence-corrected chi connectivity index (χ1v) is 19.1. The highest BCUT2D eigenvalue weighted by Gasteiger charge is 2.24. The van der Waals surface area contributed by atoms with Crippen molar-refractivity contribution in [3.8, 4) is 16.9 Å². The highest BCUT2D eigenvalue weighted by atomic mass is 35.5. The van der Waals surface area contributed by atoms with Gasteiger partial charge in [0.25, 0.3) is 0 Å². The minimum absolute atomic E-state index is 0.136. The van der Waals surface area contributed by atoms with Gasteiger partial charge in [-0.1, -0.05) is 29.3 Å². The highest BCUT2D eigenvalue weighted by Crippen LogP contribution is 2.44. The van der Waals surface area contributed by atoms with Gasteiger partial charge >= 0.3 is 0 Å². The second-order valence-corrected chi connectivity index (χ2v) is 14.8. The second-order valence-electron chi connectivity index (χ2n) is 14.1. The summed E-state index contributed by atoms with van der Waals surface area (Å²) in [5.41, 5.74) is 12.2. The van der Waals surface area contributed by atoms with Crippen molar-refractivity contribution in [1.82, 2.24) is 19.7 Å². The van der Waals surface area contributed by atoms with E-state index in [1.807, 2.05) is 70.6 Å². The fraction of sp³-hybridized carbons (Fsp3) is 0.372. The third kappa shape index (κ3) is 9.03. The van der Waals surface area contributed by atoms with E-state index in [2.05, 4.69) is 46.4 Å². The molecule has 0 unspecified atom stereocenters. The van der Waals surface area contributed by atoms with Crippen LogP contribution in [0.25, 0.3) is 33.7 Å². The summed E-state index contributed by atoms with van der Waals surface area (Å²) in [6, 6.07) is 14.1. The molecule has 1 amide bonds. The van der Waals surface area contributed by atoms with Crippen molar-refractivity contribution in [3.05, 3.63) is 97.4 Å². The zero-order chi connectivity index (χ0) is 39.1. The summed E-state index contributed by atoms with van der Waals surface area (Å²) < 4.78 is 15.6. The van der Waals surface area contributed by atoms with E-state index in [9.17, 15) is 9.59 Å². The van der Waals surface area contributed by atoms with Crippen molar-refractivity contribution in [2.45, 2.75) is 73.4 Å². The Morgan fingerprint density at radius 1 is 0.963 bits per heavy atom. The van der Waals surface area contributed by atoms with Crippen LogP contribution in [0.1, 0.15) is 75.9 Å². The Kier molecular flexibility index (Phi) is 13.7. The lowest BCUT2D eigenvalue weighted by atomic mass is 9.91. The molecule has 3 aromatic carbocycles. The number of allylic oxidation sites excluding steroid dienone is 1. The number of rotatable bonds is 18. The van der Waals surface area contributed by atoms with Gasteiger partial charge in [0.15, 0.2) is 6.29 Å². The van der Waals surface area contributed by atoms with Gasteiger partial charge in [-0.25, -0.2) is 0 Å². The summed E-state index contributed by atoms with van der Waals surface area (Å²) in [5.74, 6) is 0.783. The van der Waals surface area contributed by atoms with Crippen molar-refractivity contribution in [1.29, 1.82) is 0 Å². The zero-order valence-electron chi connectivity index (χ0n) is 32.5. The fourth-order valence-electron chi connectivity index (χ4n) is 7.25. The number of anilines is 1. The summed E-state index contributed by atoms with van der Waals surface area (Å²) >= 11 is 13.6. The fourth-order valence-corrected chi connectivity index (χ4v) is 7.61. The maximum atomic E-state index is 12.4. The number of amides is 1. The van der Waals surface area contributed by atoms with E-state index in [-0.39, 0.29) is 6.04 Å². The molecule has 0 bridgehead atoms. The summed E-state index contributed by atoms with van der Waals surface area (Å²) in [6.45, 7) is 14.2. The van der Waals surface area contributed by atoms with E-state index in [0.29, 0.717) is 56.3 Å². The monoisotopic (exact) mass is 771 g/mol. The number of aldehydes is 1. The Labute approximate surface area is 328 Å². The Morgan fingerprint density at radius 2 is 1.70 bits per heavy atom. The molecule has 0 aliphatic heterocycles. The van der Waals surface area contributed by atoms with Crippen molar-refractivity contribution >= 4 is 64.1 Å². The Morgan fingerprint density at radius 3 is 2.35 bits per heavy atom. The first-order valence-electron chi connectivity index (χ1n) is 18.3. The van der Waals surface area contributed by atoms with Gasteiger partial charge in [0.2, 0.25) is 6.41 Å². The number of hydrogen-bond donors (Lipinski definition) is 2. The number of carbonyl (C=O) groups is 2. The molecular formula is C43H51Cl2N5O4. The van der Waals surface area contributed by atoms with Crippen molar-refractivity contribution in [2.24, 2.45) is 7.05 Å². The average molecular weight is 773 g/mol. The molecule has 286 valence electrons. The van der Waals surface area contributed by atoms with Crippen LogP contribution in [0.2, 0.25) is 10.0 Å². The van der Waals surface area contributed by atoms with Crippen LogP contribution in [-0.4, -0.2) is 60.0 Å². The third-order valence-corrected chi connectivity index (χ3v) is 10.7. The maximum absolute atomic E-state index is 12.4. The smallest absolute Gasteiger partial charge is 0.207 e. The number of nitrogens with one attached hydrogen (secondary N) is 2. The van der Waals surface area contributed by atoms with Gasteiger partial charge in [-0.05, 0) is 131 Å². The molecular weight excluding hydrogens is 721 g/mol. The van der Waals surface area contributed by atoms with E-state index < -0.39 is 0 Å². The number of aryl methyl sites for hydroxylation is 6. The number of aromatic nitrogens is 3. The molecule has 0 aliphatic carbocycles. The molecule has 0 aliphatic rings. The summed E-state index contributed by atoms with van der Waals surface area (Å²) in [4.78, 5) is 23.7. The highest BCUT2D eigenvalue weighted by molar-refractivity contribution is 6.34. The van der Waals surface area contributed by atoms with Crippen LogP contribution >= 0.6 is 23.2 Å². The third-order valence-electron chi connectivity index (χ3n) is 9.81. The van der Waals surface area contributed by atoms with Crippen LogP contribution in [0.5, 0.6) is 5.75 Å².